The van der Waals surface area contributed by atoms with Crippen molar-refractivity contribution in [3.63, 3.8) is 0 Å². The Morgan fingerprint density at radius 1 is 1.13 bits per heavy atom. The number of carbonyl (C=O) groups excluding carboxylic acids is 4. The first-order chi connectivity index (χ1) is 18.2. The Labute approximate surface area is 220 Å². The fraction of sp³-hybridized carbons (Fsp3) is 0.444. The number of pyridine rings is 1. The number of hydrogen-bond donors (Lipinski definition) is 1. The third-order valence-corrected chi connectivity index (χ3v) is 5.60. The van der Waals surface area contributed by atoms with Crippen LogP contribution in [0.15, 0.2) is 42.6 Å². The number of esters is 2. The maximum atomic E-state index is 13.1. The number of amides is 1. The lowest BCUT2D eigenvalue weighted by molar-refractivity contribution is -0.152. The van der Waals surface area contributed by atoms with Gasteiger partial charge >= 0.3 is 18.1 Å². The predicted molar refractivity (Wildman–Crippen MR) is 134 cm³/mol. The van der Waals surface area contributed by atoms with Crippen molar-refractivity contribution < 1.29 is 42.9 Å². The Morgan fingerprint density at radius 3 is 2.55 bits per heavy atom. The summed E-state index contributed by atoms with van der Waals surface area (Å²) < 4.78 is 26.3. The highest BCUT2D eigenvalue weighted by molar-refractivity contribution is 5.98. The summed E-state index contributed by atoms with van der Waals surface area (Å²) in [5, 5.41) is 2.46. The zero-order valence-corrected chi connectivity index (χ0v) is 21.8. The van der Waals surface area contributed by atoms with Gasteiger partial charge in [0.2, 0.25) is 5.75 Å². The molecular weight excluding hydrogens is 496 g/mol. The number of aromatic nitrogens is 1. The van der Waals surface area contributed by atoms with Gasteiger partial charge in [-0.05, 0) is 31.2 Å². The van der Waals surface area contributed by atoms with Gasteiger partial charge in [-0.2, -0.15) is 0 Å². The van der Waals surface area contributed by atoms with Gasteiger partial charge in [-0.3, -0.25) is 9.59 Å². The van der Waals surface area contributed by atoms with Crippen molar-refractivity contribution in [2.45, 2.75) is 45.8 Å². The van der Waals surface area contributed by atoms with E-state index in [-0.39, 0.29) is 36.1 Å². The molecule has 1 aromatic heterocycles. The average molecular weight is 529 g/mol. The van der Waals surface area contributed by atoms with Crippen LogP contribution in [0.4, 0.5) is 4.79 Å². The zero-order chi connectivity index (χ0) is 27.7. The quantitative estimate of drug-likeness (QED) is 0.401. The standard InChI is InChI=1S/C27H32N2O9/c1-16(2)14-36-27(33)38-23-21(34-4)10-11-28-22(23)24(30)29-20-15-35-25(31)19(12-17(3)37-26(20)32)13-18-8-6-5-7-9-18/h5-11,16-17,19-20H,12-15H2,1-4H3,(H,29,30)/t17-,19+,20-/m0/s1. The highest BCUT2D eigenvalue weighted by Crippen LogP contribution is 2.30. The molecule has 0 unspecified atom stereocenters. The van der Waals surface area contributed by atoms with Gasteiger partial charge in [-0.15, -0.1) is 0 Å². The van der Waals surface area contributed by atoms with Crippen LogP contribution in [0.2, 0.25) is 0 Å². The van der Waals surface area contributed by atoms with Gasteiger partial charge in [0.25, 0.3) is 5.91 Å². The number of cyclic esters (lactones) is 2. The fourth-order valence-corrected chi connectivity index (χ4v) is 3.77. The lowest BCUT2D eigenvalue weighted by Crippen LogP contribution is -2.46. The Kier molecular flexibility index (Phi) is 10.0. The minimum absolute atomic E-state index is 0.0486. The first-order valence-electron chi connectivity index (χ1n) is 12.3. The van der Waals surface area contributed by atoms with Crippen LogP contribution in [-0.4, -0.2) is 61.5 Å². The van der Waals surface area contributed by atoms with E-state index in [1.165, 1.54) is 19.4 Å². The van der Waals surface area contributed by atoms with Crippen molar-refractivity contribution in [1.29, 1.82) is 0 Å². The number of ether oxygens (including phenoxy) is 5. The smallest absolute Gasteiger partial charge is 0.493 e. The first kappa shape index (κ1) is 28.4. The van der Waals surface area contributed by atoms with E-state index in [1.807, 2.05) is 44.2 Å². The number of nitrogens with zero attached hydrogens (tertiary/aromatic N) is 1. The van der Waals surface area contributed by atoms with Crippen molar-refractivity contribution in [1.82, 2.24) is 10.3 Å². The summed E-state index contributed by atoms with van der Waals surface area (Å²) in [5.41, 5.74) is 0.612. The van der Waals surface area contributed by atoms with Crippen molar-refractivity contribution in [2.75, 3.05) is 20.3 Å². The van der Waals surface area contributed by atoms with E-state index in [1.54, 1.807) is 6.92 Å². The predicted octanol–water partition coefficient (Wildman–Crippen LogP) is 3.10. The van der Waals surface area contributed by atoms with E-state index < -0.39 is 48.7 Å². The minimum Gasteiger partial charge on any atom is -0.493 e. The van der Waals surface area contributed by atoms with Crippen LogP contribution in [0.3, 0.4) is 0 Å². The van der Waals surface area contributed by atoms with E-state index in [2.05, 4.69) is 10.3 Å². The maximum Gasteiger partial charge on any atom is 0.514 e. The minimum atomic E-state index is -1.32. The molecule has 1 N–H and O–H groups in total. The second-order valence-corrected chi connectivity index (χ2v) is 9.27. The largest absolute Gasteiger partial charge is 0.514 e. The second kappa shape index (κ2) is 13.4. The number of carbonyl (C=O) groups is 4. The average Bonchev–Trinajstić information content (AvgIpc) is 2.93. The summed E-state index contributed by atoms with van der Waals surface area (Å²) >= 11 is 0. The van der Waals surface area contributed by atoms with E-state index in [9.17, 15) is 19.2 Å². The molecule has 0 radical (unpaired) electrons. The van der Waals surface area contributed by atoms with Crippen LogP contribution >= 0.6 is 0 Å². The molecule has 1 aliphatic rings. The van der Waals surface area contributed by atoms with Crippen molar-refractivity contribution in [2.24, 2.45) is 11.8 Å². The molecule has 0 aliphatic carbocycles. The second-order valence-electron chi connectivity index (χ2n) is 9.27. The summed E-state index contributed by atoms with van der Waals surface area (Å²) in [6.45, 7) is 5.03. The molecule has 3 atom stereocenters. The number of hydrogen-bond acceptors (Lipinski definition) is 10. The molecule has 1 fully saturated rings. The molecule has 2 heterocycles. The third-order valence-electron chi connectivity index (χ3n) is 5.60. The highest BCUT2D eigenvalue weighted by atomic mass is 16.7. The molecule has 204 valence electrons. The van der Waals surface area contributed by atoms with E-state index in [0.717, 1.165) is 5.56 Å². The van der Waals surface area contributed by atoms with Gasteiger partial charge < -0.3 is 29.0 Å². The normalized spacial score (nSPS) is 19.8. The lowest BCUT2D eigenvalue weighted by atomic mass is 9.94. The molecule has 1 amide bonds. The van der Waals surface area contributed by atoms with Crippen molar-refractivity contribution in [3.8, 4) is 11.5 Å². The molecule has 0 bridgehead atoms. The van der Waals surface area contributed by atoms with Crippen LogP contribution in [0.25, 0.3) is 0 Å². The molecule has 11 nitrogen and oxygen atoms in total. The molecule has 1 aliphatic heterocycles. The van der Waals surface area contributed by atoms with E-state index >= 15 is 0 Å². The fourth-order valence-electron chi connectivity index (χ4n) is 3.77. The summed E-state index contributed by atoms with van der Waals surface area (Å²) in [5.74, 6) is -2.87. The monoisotopic (exact) mass is 528 g/mol. The van der Waals surface area contributed by atoms with Gasteiger partial charge in [0, 0.05) is 12.3 Å². The maximum absolute atomic E-state index is 13.1. The topological polar surface area (TPSA) is 139 Å². The van der Waals surface area contributed by atoms with Gasteiger partial charge in [0.1, 0.15) is 6.61 Å². The van der Waals surface area contributed by atoms with Crippen LogP contribution in [-0.2, 0) is 30.2 Å². The summed E-state index contributed by atoms with van der Waals surface area (Å²) in [7, 11) is 1.33. The van der Waals surface area contributed by atoms with Crippen LogP contribution in [0.1, 0.15) is 43.2 Å². The van der Waals surface area contributed by atoms with Crippen LogP contribution in [0.5, 0.6) is 11.5 Å². The number of benzene rings is 1. The molecule has 2 aromatic rings. The molecule has 1 aromatic carbocycles. The number of rotatable bonds is 8. The van der Waals surface area contributed by atoms with Gasteiger partial charge in [0.05, 0.1) is 25.7 Å². The van der Waals surface area contributed by atoms with Gasteiger partial charge in [0.15, 0.2) is 17.5 Å². The molecule has 0 spiro atoms. The third kappa shape index (κ3) is 7.92. The molecule has 11 heteroatoms. The van der Waals surface area contributed by atoms with Crippen molar-refractivity contribution >= 4 is 24.0 Å². The van der Waals surface area contributed by atoms with Gasteiger partial charge in [-0.25, -0.2) is 14.6 Å². The van der Waals surface area contributed by atoms with Crippen molar-refractivity contribution in [3.05, 3.63) is 53.9 Å². The number of nitrogens with one attached hydrogen (secondary N) is 1. The van der Waals surface area contributed by atoms with Crippen LogP contribution in [0, 0.1) is 11.8 Å². The molecule has 38 heavy (non-hydrogen) atoms. The summed E-state index contributed by atoms with van der Waals surface area (Å²) in [6.07, 6.45) is 0.296. The van der Waals surface area contributed by atoms with E-state index in [0.29, 0.717) is 6.42 Å². The molecule has 0 saturated carbocycles. The summed E-state index contributed by atoms with van der Waals surface area (Å²) in [6, 6.07) is 9.51. The summed E-state index contributed by atoms with van der Waals surface area (Å²) in [4.78, 5) is 55.0. The zero-order valence-electron chi connectivity index (χ0n) is 21.8. The first-order valence-corrected chi connectivity index (χ1v) is 12.3. The lowest BCUT2D eigenvalue weighted by Gasteiger charge is -2.19. The number of methoxy groups -OCH3 is 1. The van der Waals surface area contributed by atoms with Crippen LogP contribution < -0.4 is 14.8 Å². The Morgan fingerprint density at radius 2 is 1.87 bits per heavy atom. The Hall–Kier alpha value is -4.15. The van der Waals surface area contributed by atoms with E-state index in [4.69, 9.17) is 23.7 Å². The Bertz CT molecular complexity index is 1140. The SMILES string of the molecule is COc1ccnc(C(=O)N[C@H]2COC(=O)[C@@H](Cc3ccccc3)C[C@H](C)OC2=O)c1OC(=O)OCC(C)C. The Balaban J connectivity index is 1.75. The van der Waals surface area contributed by atoms with Gasteiger partial charge in [-0.1, -0.05) is 44.2 Å². The highest BCUT2D eigenvalue weighted by Gasteiger charge is 2.34. The molecule has 1 saturated heterocycles. The molecule has 3 rings (SSSR count). The molecular formula is C27H32N2O9.